The quantitative estimate of drug-likeness (QED) is 0.679. The normalized spacial score (nSPS) is 24.4. The Morgan fingerprint density at radius 3 is 2.77 bits per heavy atom. The zero-order valence-corrected chi connectivity index (χ0v) is 17.9. The van der Waals surface area contributed by atoms with Gasteiger partial charge in [-0.05, 0) is 31.2 Å². The molecule has 2 aromatic rings. The molecule has 0 aliphatic carbocycles. The number of hydrogen-bond donors (Lipinski definition) is 3. The summed E-state index contributed by atoms with van der Waals surface area (Å²) >= 11 is 1.53. The summed E-state index contributed by atoms with van der Waals surface area (Å²) < 4.78 is 0. The van der Waals surface area contributed by atoms with Crippen LogP contribution in [0, 0.1) is 5.92 Å². The maximum absolute atomic E-state index is 12.5. The van der Waals surface area contributed by atoms with Crippen molar-refractivity contribution in [2.45, 2.75) is 44.9 Å². The van der Waals surface area contributed by atoms with Crippen LogP contribution in [0.15, 0.2) is 11.4 Å². The molecule has 2 saturated heterocycles. The minimum absolute atomic E-state index is 0.0418. The number of fused-ring (bicyclic) bond motifs is 1. The van der Waals surface area contributed by atoms with E-state index in [2.05, 4.69) is 22.0 Å². The summed E-state index contributed by atoms with van der Waals surface area (Å²) in [5, 5.41) is 25.4. The predicted molar refractivity (Wildman–Crippen MR) is 116 cm³/mol. The van der Waals surface area contributed by atoms with Crippen LogP contribution in [0.25, 0.3) is 10.6 Å². The Kier molecular flexibility index (Phi) is 5.12. The van der Waals surface area contributed by atoms with E-state index in [1.807, 2.05) is 11.4 Å². The third-order valence-corrected chi connectivity index (χ3v) is 7.46. The first-order valence-corrected chi connectivity index (χ1v) is 11.5. The van der Waals surface area contributed by atoms with E-state index in [4.69, 9.17) is 9.97 Å². The molecule has 5 rings (SSSR count). The molecule has 0 saturated carbocycles. The van der Waals surface area contributed by atoms with Crippen molar-refractivity contribution in [1.82, 2.24) is 15.3 Å². The Balaban J connectivity index is 1.52. The number of nitrogens with zero attached hydrogens (tertiary/aromatic N) is 4. The third kappa shape index (κ3) is 3.34. The van der Waals surface area contributed by atoms with Gasteiger partial charge in [-0.2, -0.15) is 0 Å². The van der Waals surface area contributed by atoms with E-state index in [0.717, 1.165) is 66.8 Å². The number of carbonyl (C=O) groups excluding carboxylic acids is 1. The number of rotatable bonds is 4. The van der Waals surface area contributed by atoms with Gasteiger partial charge in [-0.3, -0.25) is 4.79 Å². The van der Waals surface area contributed by atoms with Crippen molar-refractivity contribution >= 4 is 28.9 Å². The van der Waals surface area contributed by atoms with Crippen LogP contribution in [0.2, 0.25) is 0 Å². The first-order valence-electron chi connectivity index (χ1n) is 10.6. The van der Waals surface area contributed by atoms with Gasteiger partial charge in [0, 0.05) is 30.6 Å². The van der Waals surface area contributed by atoms with Gasteiger partial charge in [-0.1, -0.05) is 6.92 Å². The molecule has 160 valence electrons. The van der Waals surface area contributed by atoms with Crippen LogP contribution in [0.3, 0.4) is 0 Å². The average Bonchev–Trinajstić information content (AvgIpc) is 3.47. The number of aromatic nitrogens is 2. The molecular formula is C21H27N5O3S. The van der Waals surface area contributed by atoms with Gasteiger partial charge >= 0.3 is 0 Å². The fraction of sp³-hybridized carbons (Fsp3) is 0.571. The summed E-state index contributed by atoms with van der Waals surface area (Å²) in [6.45, 7) is 5.09. The van der Waals surface area contributed by atoms with Gasteiger partial charge in [0.1, 0.15) is 16.6 Å². The second kappa shape index (κ2) is 7.79. The molecule has 3 aliphatic rings. The molecule has 9 heteroatoms. The molecular weight excluding hydrogens is 402 g/mol. The van der Waals surface area contributed by atoms with Gasteiger partial charge < -0.3 is 25.3 Å². The van der Waals surface area contributed by atoms with E-state index in [1.54, 1.807) is 0 Å². The monoisotopic (exact) mass is 429 g/mol. The second-order valence-electron chi connectivity index (χ2n) is 8.47. The van der Waals surface area contributed by atoms with Gasteiger partial charge in [0.15, 0.2) is 0 Å². The molecule has 2 fully saturated rings. The zero-order chi connectivity index (χ0) is 20.8. The molecule has 0 aromatic carbocycles. The lowest BCUT2D eigenvalue weighted by molar-refractivity contribution is 0.0966. The van der Waals surface area contributed by atoms with Crippen LogP contribution in [0.5, 0.6) is 0 Å². The first kappa shape index (κ1) is 19.7. The highest BCUT2D eigenvalue weighted by atomic mass is 32.1. The van der Waals surface area contributed by atoms with Crippen molar-refractivity contribution in [2.24, 2.45) is 5.92 Å². The number of thiazole rings is 1. The number of anilines is 2. The molecule has 1 amide bonds. The van der Waals surface area contributed by atoms with Crippen LogP contribution >= 0.6 is 11.3 Å². The number of amides is 1. The Morgan fingerprint density at radius 2 is 2.00 bits per heavy atom. The highest BCUT2D eigenvalue weighted by Gasteiger charge is 2.34. The molecule has 0 spiro atoms. The number of hydrogen-bond acceptors (Lipinski definition) is 8. The van der Waals surface area contributed by atoms with E-state index in [0.29, 0.717) is 18.0 Å². The van der Waals surface area contributed by atoms with Gasteiger partial charge in [0.05, 0.1) is 36.6 Å². The average molecular weight is 430 g/mol. The summed E-state index contributed by atoms with van der Waals surface area (Å²) in [6.07, 6.45) is 2.29. The second-order valence-corrected chi connectivity index (χ2v) is 9.33. The van der Waals surface area contributed by atoms with Gasteiger partial charge in [0.25, 0.3) is 5.91 Å². The van der Waals surface area contributed by atoms with Crippen LogP contribution < -0.4 is 15.1 Å². The molecule has 2 atom stereocenters. The molecule has 2 aromatic heterocycles. The minimum atomic E-state index is -0.226. The molecule has 0 radical (unpaired) electrons. The highest BCUT2D eigenvalue weighted by molar-refractivity contribution is 7.13. The SMILES string of the molecule is CC1CCN(c2cc(-c3nc(N4CCC(O)CC4)cs3)c3c(n2)CNC3=O)C1CO. The summed E-state index contributed by atoms with van der Waals surface area (Å²) in [6, 6.07) is 2.01. The number of carbonyl (C=O) groups is 1. The van der Waals surface area contributed by atoms with E-state index >= 15 is 0 Å². The Morgan fingerprint density at radius 1 is 1.20 bits per heavy atom. The van der Waals surface area contributed by atoms with E-state index in [1.165, 1.54) is 11.3 Å². The summed E-state index contributed by atoms with van der Waals surface area (Å²) in [7, 11) is 0. The Labute approximate surface area is 179 Å². The van der Waals surface area contributed by atoms with Crippen LogP contribution in [-0.4, -0.2) is 64.5 Å². The third-order valence-electron chi connectivity index (χ3n) is 6.60. The lowest BCUT2D eigenvalue weighted by Crippen LogP contribution is -2.36. The Hall–Kier alpha value is -2.23. The largest absolute Gasteiger partial charge is 0.394 e. The van der Waals surface area contributed by atoms with Crippen LogP contribution in [0.1, 0.15) is 42.2 Å². The molecule has 3 N–H and O–H groups in total. The Bertz CT molecular complexity index is 956. The van der Waals surface area contributed by atoms with Crippen molar-refractivity contribution in [3.8, 4) is 10.6 Å². The summed E-state index contributed by atoms with van der Waals surface area (Å²) in [4.78, 5) is 26.5. The fourth-order valence-corrected chi connectivity index (χ4v) is 5.59. The number of nitrogens with one attached hydrogen (secondary N) is 1. The number of aliphatic hydroxyl groups excluding tert-OH is 2. The fourth-order valence-electron chi connectivity index (χ4n) is 4.73. The van der Waals surface area contributed by atoms with Crippen molar-refractivity contribution in [1.29, 1.82) is 0 Å². The molecule has 5 heterocycles. The van der Waals surface area contributed by atoms with Crippen LogP contribution in [-0.2, 0) is 6.54 Å². The maximum Gasteiger partial charge on any atom is 0.254 e. The van der Waals surface area contributed by atoms with Gasteiger partial charge in [-0.15, -0.1) is 11.3 Å². The molecule has 3 aliphatic heterocycles. The summed E-state index contributed by atoms with van der Waals surface area (Å²) in [5.41, 5.74) is 2.18. The number of aliphatic hydroxyl groups is 2. The van der Waals surface area contributed by atoms with Gasteiger partial charge in [-0.25, -0.2) is 9.97 Å². The topological polar surface area (TPSA) is 102 Å². The molecule has 30 heavy (non-hydrogen) atoms. The molecule has 2 unspecified atom stereocenters. The van der Waals surface area contributed by atoms with Crippen molar-refractivity contribution in [3.63, 3.8) is 0 Å². The van der Waals surface area contributed by atoms with Crippen molar-refractivity contribution in [3.05, 3.63) is 22.7 Å². The molecule has 8 nitrogen and oxygen atoms in total. The van der Waals surface area contributed by atoms with E-state index in [-0.39, 0.29) is 24.7 Å². The van der Waals surface area contributed by atoms with Crippen molar-refractivity contribution in [2.75, 3.05) is 36.0 Å². The molecule has 0 bridgehead atoms. The van der Waals surface area contributed by atoms with E-state index in [9.17, 15) is 15.0 Å². The highest BCUT2D eigenvalue weighted by Crippen LogP contribution is 2.38. The van der Waals surface area contributed by atoms with Crippen molar-refractivity contribution < 1.29 is 15.0 Å². The van der Waals surface area contributed by atoms with Crippen LogP contribution in [0.4, 0.5) is 11.6 Å². The maximum atomic E-state index is 12.5. The number of pyridine rings is 1. The standard InChI is InChI=1S/C21H27N5O3S/c1-12-2-7-26(16(12)10-27)17-8-14(19-15(23-17)9-22-20(19)29)21-24-18(11-30-21)25-5-3-13(28)4-6-25/h8,11-13,16,27-28H,2-7,9-10H2,1H3,(H,22,29). The minimum Gasteiger partial charge on any atom is -0.394 e. The lowest BCUT2D eigenvalue weighted by atomic mass is 10.0. The lowest BCUT2D eigenvalue weighted by Gasteiger charge is -2.29. The van der Waals surface area contributed by atoms with E-state index < -0.39 is 0 Å². The predicted octanol–water partition coefficient (Wildman–Crippen LogP) is 1.62. The first-order chi connectivity index (χ1) is 14.5. The summed E-state index contributed by atoms with van der Waals surface area (Å²) in [5.74, 6) is 2.00. The number of piperidine rings is 1. The van der Waals surface area contributed by atoms with Gasteiger partial charge in [0.2, 0.25) is 0 Å². The smallest absolute Gasteiger partial charge is 0.254 e. The zero-order valence-electron chi connectivity index (χ0n) is 17.0.